The maximum absolute atomic E-state index is 13.1. The van der Waals surface area contributed by atoms with Crippen LogP contribution in [-0.2, 0) is 14.8 Å². The summed E-state index contributed by atoms with van der Waals surface area (Å²) >= 11 is 0. The summed E-state index contributed by atoms with van der Waals surface area (Å²) in [7, 11) is -3.60. The first kappa shape index (κ1) is 24.6. The summed E-state index contributed by atoms with van der Waals surface area (Å²) in [6.07, 6.45) is 1.12. The van der Waals surface area contributed by atoms with Crippen LogP contribution in [0.3, 0.4) is 0 Å². The Labute approximate surface area is 190 Å². The number of sulfonamides is 1. The Morgan fingerprint density at radius 3 is 2.34 bits per heavy atom. The van der Waals surface area contributed by atoms with E-state index in [1.165, 1.54) is 8.99 Å². The van der Waals surface area contributed by atoms with Gasteiger partial charge in [-0.15, -0.1) is 0 Å². The summed E-state index contributed by atoms with van der Waals surface area (Å²) < 4.78 is 35.1. The van der Waals surface area contributed by atoms with Crippen LogP contribution in [0.1, 0.15) is 47.9 Å². The third-order valence-electron chi connectivity index (χ3n) is 6.33. The molecule has 32 heavy (non-hydrogen) atoms. The number of hydrogen-bond acceptors (Lipinski definition) is 6. The van der Waals surface area contributed by atoms with Gasteiger partial charge < -0.3 is 9.84 Å². The van der Waals surface area contributed by atoms with Gasteiger partial charge in [0.1, 0.15) is 0 Å². The van der Waals surface area contributed by atoms with Gasteiger partial charge in [-0.1, -0.05) is 24.6 Å². The fraction of sp³-hybridized carbons (Fsp3) is 0.565. The minimum atomic E-state index is -3.60. The van der Waals surface area contributed by atoms with Crippen LogP contribution in [0.15, 0.2) is 35.2 Å². The predicted octanol–water partition coefficient (Wildman–Crippen LogP) is 2.71. The van der Waals surface area contributed by atoms with E-state index in [0.29, 0.717) is 25.9 Å². The number of nitrogens with zero attached hydrogens (tertiary/aromatic N) is 3. The van der Waals surface area contributed by atoms with Crippen LogP contribution < -0.4 is 0 Å². The fourth-order valence-corrected chi connectivity index (χ4v) is 5.85. The van der Waals surface area contributed by atoms with Crippen molar-refractivity contribution in [1.29, 1.82) is 0 Å². The number of aromatic nitrogens is 2. The summed E-state index contributed by atoms with van der Waals surface area (Å²) in [5.41, 5.74) is 1.88. The van der Waals surface area contributed by atoms with E-state index in [1.54, 1.807) is 24.3 Å². The second kappa shape index (κ2) is 9.82. The Morgan fingerprint density at radius 2 is 1.81 bits per heavy atom. The number of aliphatic hydroxyl groups is 1. The van der Waals surface area contributed by atoms with Gasteiger partial charge in [0.05, 0.1) is 29.4 Å². The molecule has 9 heteroatoms. The molecule has 0 saturated carbocycles. The maximum atomic E-state index is 13.1. The Morgan fingerprint density at radius 1 is 1.19 bits per heavy atom. The Balaban J connectivity index is 1.74. The lowest BCUT2D eigenvalue weighted by Crippen LogP contribution is -2.52. The van der Waals surface area contributed by atoms with Crippen LogP contribution in [0.2, 0.25) is 0 Å². The second-order valence-electron chi connectivity index (χ2n) is 8.69. The van der Waals surface area contributed by atoms with Crippen molar-refractivity contribution in [1.82, 2.24) is 14.1 Å². The van der Waals surface area contributed by atoms with Gasteiger partial charge in [-0.3, -0.25) is 4.79 Å². The van der Waals surface area contributed by atoms with E-state index >= 15 is 0 Å². The second-order valence-corrected chi connectivity index (χ2v) is 10.6. The zero-order valence-electron chi connectivity index (χ0n) is 19.2. The van der Waals surface area contributed by atoms with Crippen LogP contribution in [0, 0.1) is 26.7 Å². The molecular formula is C23H33N3O5S. The molecule has 1 aromatic heterocycles. The standard InChI is InChI=1S/C23H33N3O5S/c1-17-5-7-21(8-6-17)32(29,30)25-11-9-23(10-12-25,31-14-13-27)18(2)15-22(28)26-20(4)16-19(3)24-26/h5-8,16,18,27H,9-15H2,1-4H3. The van der Waals surface area contributed by atoms with E-state index in [1.807, 2.05) is 33.8 Å². The van der Waals surface area contributed by atoms with E-state index < -0.39 is 15.6 Å². The molecule has 2 aromatic rings. The topological polar surface area (TPSA) is 102 Å². The van der Waals surface area contributed by atoms with Gasteiger partial charge in [0.2, 0.25) is 15.9 Å². The van der Waals surface area contributed by atoms with Crippen molar-refractivity contribution in [3.8, 4) is 0 Å². The third kappa shape index (κ3) is 5.11. The smallest absolute Gasteiger partial charge is 0.247 e. The highest BCUT2D eigenvalue weighted by Crippen LogP contribution is 2.37. The molecule has 0 aliphatic carbocycles. The summed E-state index contributed by atoms with van der Waals surface area (Å²) in [6.45, 7) is 8.14. The average Bonchev–Trinajstić information content (AvgIpc) is 3.10. The van der Waals surface area contributed by atoms with Crippen molar-refractivity contribution in [3.63, 3.8) is 0 Å². The molecule has 1 aromatic carbocycles. The zero-order valence-corrected chi connectivity index (χ0v) is 20.1. The van der Waals surface area contributed by atoms with Crippen molar-refractivity contribution < 1.29 is 23.1 Å². The number of ether oxygens (including phenoxy) is 1. The number of carbonyl (C=O) groups excluding carboxylic acids is 1. The zero-order chi connectivity index (χ0) is 23.5. The first-order valence-electron chi connectivity index (χ1n) is 11.0. The van der Waals surface area contributed by atoms with Crippen LogP contribution in [0.4, 0.5) is 0 Å². The number of rotatable bonds is 8. The van der Waals surface area contributed by atoms with Crippen molar-refractivity contribution in [2.75, 3.05) is 26.3 Å². The minimum absolute atomic E-state index is 0.121. The Bertz CT molecular complexity index is 1040. The van der Waals surface area contributed by atoms with Crippen LogP contribution in [0.25, 0.3) is 0 Å². The van der Waals surface area contributed by atoms with Gasteiger partial charge in [-0.2, -0.15) is 9.40 Å². The van der Waals surface area contributed by atoms with E-state index in [4.69, 9.17) is 4.74 Å². The first-order chi connectivity index (χ1) is 15.1. The molecule has 2 heterocycles. The summed E-state index contributed by atoms with van der Waals surface area (Å²) in [6, 6.07) is 8.69. The largest absolute Gasteiger partial charge is 0.394 e. The quantitative estimate of drug-likeness (QED) is 0.646. The molecule has 1 atom stereocenters. The summed E-state index contributed by atoms with van der Waals surface area (Å²) in [5.74, 6) is -0.292. The van der Waals surface area contributed by atoms with Gasteiger partial charge in [0.25, 0.3) is 0 Å². The van der Waals surface area contributed by atoms with Gasteiger partial charge in [0.15, 0.2) is 0 Å². The highest BCUT2D eigenvalue weighted by molar-refractivity contribution is 7.89. The highest BCUT2D eigenvalue weighted by Gasteiger charge is 2.43. The van der Waals surface area contributed by atoms with Crippen LogP contribution in [0.5, 0.6) is 0 Å². The molecule has 0 bridgehead atoms. The molecule has 1 N–H and O–H groups in total. The number of hydrogen-bond donors (Lipinski definition) is 1. The molecule has 176 valence electrons. The third-order valence-corrected chi connectivity index (χ3v) is 8.25. The molecule has 1 saturated heterocycles. The van der Waals surface area contributed by atoms with Crippen molar-refractivity contribution in [2.45, 2.75) is 57.5 Å². The van der Waals surface area contributed by atoms with Crippen molar-refractivity contribution in [3.05, 3.63) is 47.3 Å². The lowest BCUT2D eigenvalue weighted by atomic mass is 9.78. The molecule has 1 fully saturated rings. The van der Waals surface area contributed by atoms with Gasteiger partial charge >= 0.3 is 0 Å². The molecule has 1 aliphatic heterocycles. The van der Waals surface area contributed by atoms with Crippen LogP contribution >= 0.6 is 0 Å². The predicted molar refractivity (Wildman–Crippen MR) is 121 cm³/mol. The molecule has 1 aliphatic rings. The molecule has 0 spiro atoms. The number of benzene rings is 1. The number of aliphatic hydroxyl groups excluding tert-OH is 1. The minimum Gasteiger partial charge on any atom is -0.394 e. The fourth-order valence-electron chi connectivity index (χ4n) is 4.41. The maximum Gasteiger partial charge on any atom is 0.247 e. The van der Waals surface area contributed by atoms with Crippen molar-refractivity contribution in [2.24, 2.45) is 5.92 Å². The van der Waals surface area contributed by atoms with E-state index in [9.17, 15) is 18.3 Å². The highest BCUT2D eigenvalue weighted by atomic mass is 32.2. The molecular weight excluding hydrogens is 430 g/mol. The molecule has 0 radical (unpaired) electrons. The van der Waals surface area contributed by atoms with E-state index in [0.717, 1.165) is 17.0 Å². The number of aryl methyl sites for hydroxylation is 3. The monoisotopic (exact) mass is 463 g/mol. The van der Waals surface area contributed by atoms with Crippen LogP contribution in [-0.4, -0.2) is 65.4 Å². The molecule has 0 amide bonds. The molecule has 8 nitrogen and oxygen atoms in total. The van der Waals surface area contributed by atoms with Crippen molar-refractivity contribution >= 4 is 15.9 Å². The normalized spacial score (nSPS) is 17.9. The van der Waals surface area contributed by atoms with Gasteiger partial charge in [0, 0.05) is 25.2 Å². The molecule has 3 rings (SSSR count). The first-order valence-corrected chi connectivity index (χ1v) is 12.4. The number of piperidine rings is 1. The summed E-state index contributed by atoms with van der Waals surface area (Å²) in [4.78, 5) is 13.2. The average molecular weight is 464 g/mol. The SMILES string of the molecule is Cc1ccc(S(=O)(=O)N2CCC(OCCO)(C(C)CC(=O)n3nc(C)cc3C)CC2)cc1. The molecule has 1 unspecified atom stereocenters. The summed E-state index contributed by atoms with van der Waals surface area (Å²) in [5, 5.41) is 13.6. The van der Waals surface area contributed by atoms with E-state index in [2.05, 4.69) is 5.10 Å². The Hall–Kier alpha value is -2.07. The lowest BCUT2D eigenvalue weighted by molar-refractivity contribution is -0.117. The van der Waals surface area contributed by atoms with E-state index in [-0.39, 0.29) is 36.4 Å². The Kier molecular flexibility index (Phi) is 7.54. The lowest BCUT2D eigenvalue weighted by Gasteiger charge is -2.44. The van der Waals surface area contributed by atoms with Gasteiger partial charge in [-0.25, -0.2) is 13.1 Å². The number of carbonyl (C=O) groups is 1. The van der Waals surface area contributed by atoms with Gasteiger partial charge in [-0.05, 0) is 57.7 Å².